The van der Waals surface area contributed by atoms with Crippen LogP contribution in [0.5, 0.6) is 0 Å². The molecule has 1 aromatic heterocycles. The molecule has 0 aliphatic rings. The van der Waals surface area contributed by atoms with Crippen LogP contribution in [0.3, 0.4) is 0 Å². The van der Waals surface area contributed by atoms with Crippen molar-refractivity contribution >= 4 is 11.8 Å². The molecule has 0 radical (unpaired) electrons. The van der Waals surface area contributed by atoms with E-state index in [1.807, 2.05) is 35.0 Å². The van der Waals surface area contributed by atoms with E-state index in [9.17, 15) is 9.59 Å². The van der Waals surface area contributed by atoms with Crippen molar-refractivity contribution in [2.75, 3.05) is 0 Å². The number of benzene rings is 1. The Labute approximate surface area is 129 Å². The van der Waals surface area contributed by atoms with Gasteiger partial charge in [0.2, 0.25) is 11.8 Å². The minimum Gasteiger partial charge on any atom is -0.353 e. The monoisotopic (exact) mass is 300 g/mol. The van der Waals surface area contributed by atoms with Crippen LogP contribution in [-0.4, -0.2) is 27.4 Å². The van der Waals surface area contributed by atoms with Gasteiger partial charge in [0.15, 0.2) is 0 Å². The molecule has 0 saturated heterocycles. The summed E-state index contributed by atoms with van der Waals surface area (Å²) in [6, 6.07) is 7.64. The maximum Gasteiger partial charge on any atom is 0.222 e. The number of nitrogens with one attached hydrogen (secondary N) is 2. The van der Waals surface area contributed by atoms with Gasteiger partial charge in [0.25, 0.3) is 0 Å². The smallest absolute Gasteiger partial charge is 0.222 e. The number of amides is 2. The van der Waals surface area contributed by atoms with Gasteiger partial charge < -0.3 is 15.2 Å². The van der Waals surface area contributed by atoms with Crippen LogP contribution in [0.25, 0.3) is 5.69 Å². The van der Waals surface area contributed by atoms with Crippen molar-refractivity contribution in [1.29, 1.82) is 0 Å². The number of hydrogen-bond donors (Lipinski definition) is 2. The predicted molar refractivity (Wildman–Crippen MR) is 83.3 cm³/mol. The number of carbonyl (C=O) groups excluding carboxylic acids is 2. The lowest BCUT2D eigenvalue weighted by Gasteiger charge is -2.14. The van der Waals surface area contributed by atoms with Crippen molar-refractivity contribution in [1.82, 2.24) is 20.2 Å². The minimum absolute atomic E-state index is 0.0957. The van der Waals surface area contributed by atoms with E-state index >= 15 is 0 Å². The maximum absolute atomic E-state index is 11.9. The predicted octanol–water partition coefficient (Wildman–Crippen LogP) is 1.40. The summed E-state index contributed by atoms with van der Waals surface area (Å²) >= 11 is 0. The van der Waals surface area contributed by atoms with Gasteiger partial charge in [0.1, 0.15) is 0 Å². The molecule has 0 saturated carbocycles. The van der Waals surface area contributed by atoms with Gasteiger partial charge in [-0.3, -0.25) is 9.59 Å². The Morgan fingerprint density at radius 1 is 1.32 bits per heavy atom. The maximum atomic E-state index is 11.9. The number of carbonyl (C=O) groups is 2. The van der Waals surface area contributed by atoms with Gasteiger partial charge in [0, 0.05) is 38.3 Å². The molecule has 0 spiro atoms. The first-order valence-electron chi connectivity index (χ1n) is 7.16. The second-order valence-corrected chi connectivity index (χ2v) is 5.18. The second kappa shape index (κ2) is 7.40. The Morgan fingerprint density at radius 3 is 2.77 bits per heavy atom. The minimum atomic E-state index is -0.179. The van der Waals surface area contributed by atoms with E-state index in [1.54, 1.807) is 19.4 Å². The Bertz CT molecular complexity index is 637. The van der Waals surface area contributed by atoms with Crippen molar-refractivity contribution in [3.05, 3.63) is 48.5 Å². The van der Waals surface area contributed by atoms with Crippen molar-refractivity contribution < 1.29 is 9.59 Å². The molecule has 116 valence electrons. The molecule has 2 aromatic rings. The Balaban J connectivity index is 1.95. The van der Waals surface area contributed by atoms with Crippen LogP contribution in [0.2, 0.25) is 0 Å². The highest BCUT2D eigenvalue weighted by Crippen LogP contribution is 2.13. The molecule has 6 heteroatoms. The molecular weight excluding hydrogens is 280 g/mol. The Hall–Kier alpha value is -2.63. The van der Waals surface area contributed by atoms with E-state index in [0.717, 1.165) is 11.3 Å². The van der Waals surface area contributed by atoms with E-state index < -0.39 is 0 Å². The molecule has 22 heavy (non-hydrogen) atoms. The molecule has 6 nitrogen and oxygen atoms in total. The van der Waals surface area contributed by atoms with Gasteiger partial charge in [-0.2, -0.15) is 0 Å². The Kier molecular flexibility index (Phi) is 5.30. The van der Waals surface area contributed by atoms with E-state index in [1.165, 1.54) is 6.92 Å². The van der Waals surface area contributed by atoms with Gasteiger partial charge in [-0.15, -0.1) is 0 Å². The lowest BCUT2D eigenvalue weighted by atomic mass is 10.1. The highest BCUT2D eigenvalue weighted by atomic mass is 16.2. The third-order valence-electron chi connectivity index (χ3n) is 3.19. The fraction of sp³-hybridized carbons (Fsp3) is 0.312. The molecule has 2 amide bonds. The largest absolute Gasteiger partial charge is 0.353 e. The zero-order valence-electron chi connectivity index (χ0n) is 12.7. The summed E-state index contributed by atoms with van der Waals surface area (Å²) in [7, 11) is 0. The highest BCUT2D eigenvalue weighted by molar-refractivity contribution is 5.78. The number of rotatable bonds is 6. The first kappa shape index (κ1) is 15.8. The highest BCUT2D eigenvalue weighted by Gasteiger charge is 2.10. The van der Waals surface area contributed by atoms with Crippen LogP contribution in [0.4, 0.5) is 0 Å². The first-order valence-corrected chi connectivity index (χ1v) is 7.16. The summed E-state index contributed by atoms with van der Waals surface area (Å²) < 4.78 is 1.90. The van der Waals surface area contributed by atoms with Crippen LogP contribution in [0.1, 0.15) is 25.8 Å². The van der Waals surface area contributed by atoms with Crippen LogP contribution in [-0.2, 0) is 16.1 Å². The van der Waals surface area contributed by atoms with Crippen molar-refractivity contribution in [3.63, 3.8) is 0 Å². The summed E-state index contributed by atoms with van der Waals surface area (Å²) in [5.74, 6) is -0.229. The number of imidazole rings is 1. The normalized spacial score (nSPS) is 11.7. The van der Waals surface area contributed by atoms with E-state index in [-0.39, 0.29) is 24.3 Å². The molecule has 2 N–H and O–H groups in total. The summed E-state index contributed by atoms with van der Waals surface area (Å²) in [5, 5.41) is 5.57. The summed E-state index contributed by atoms with van der Waals surface area (Å²) in [4.78, 5) is 26.9. The lowest BCUT2D eigenvalue weighted by molar-refractivity contribution is -0.122. The average Bonchev–Trinajstić information content (AvgIpc) is 2.98. The Morgan fingerprint density at radius 2 is 2.09 bits per heavy atom. The second-order valence-electron chi connectivity index (χ2n) is 5.18. The number of aromatic nitrogens is 2. The molecule has 0 unspecified atom stereocenters. The van der Waals surface area contributed by atoms with Gasteiger partial charge in [-0.1, -0.05) is 18.2 Å². The lowest BCUT2D eigenvalue weighted by Crippen LogP contribution is -2.36. The van der Waals surface area contributed by atoms with Crippen molar-refractivity contribution in [2.24, 2.45) is 0 Å². The molecule has 0 fully saturated rings. The van der Waals surface area contributed by atoms with Crippen LogP contribution < -0.4 is 10.6 Å². The fourth-order valence-electron chi connectivity index (χ4n) is 2.26. The molecule has 2 rings (SSSR count). The van der Waals surface area contributed by atoms with Gasteiger partial charge in [-0.05, 0) is 18.6 Å². The molecule has 1 aromatic carbocycles. The molecular formula is C16H20N4O2. The molecule has 0 aliphatic heterocycles. The summed E-state index contributed by atoms with van der Waals surface area (Å²) in [6.45, 7) is 3.68. The number of hydrogen-bond acceptors (Lipinski definition) is 3. The quantitative estimate of drug-likeness (QED) is 0.846. The fourth-order valence-corrected chi connectivity index (χ4v) is 2.26. The van der Waals surface area contributed by atoms with Gasteiger partial charge in [0.05, 0.1) is 12.0 Å². The number of para-hydroxylation sites is 1. The molecule has 0 aliphatic carbocycles. The van der Waals surface area contributed by atoms with Gasteiger partial charge in [-0.25, -0.2) is 4.98 Å². The summed E-state index contributed by atoms with van der Waals surface area (Å²) in [5.41, 5.74) is 1.98. The standard InChI is InChI=1S/C16H20N4O2/c1-12(19-13(2)21)9-16(22)18-10-14-5-3-4-6-15(14)20-8-7-17-11-20/h3-8,11-12H,9-10H2,1-2H3,(H,18,22)(H,19,21)/t12-/m1/s1. The first-order chi connectivity index (χ1) is 10.6. The average molecular weight is 300 g/mol. The topological polar surface area (TPSA) is 76.0 Å². The van der Waals surface area contributed by atoms with Crippen LogP contribution >= 0.6 is 0 Å². The molecule has 1 heterocycles. The van der Waals surface area contributed by atoms with E-state index in [4.69, 9.17) is 0 Å². The third kappa shape index (κ3) is 4.44. The van der Waals surface area contributed by atoms with Crippen LogP contribution in [0.15, 0.2) is 43.0 Å². The zero-order chi connectivity index (χ0) is 15.9. The zero-order valence-corrected chi connectivity index (χ0v) is 12.7. The van der Waals surface area contributed by atoms with Crippen molar-refractivity contribution in [3.8, 4) is 5.69 Å². The molecule has 0 bridgehead atoms. The molecule has 1 atom stereocenters. The van der Waals surface area contributed by atoms with Crippen LogP contribution in [0, 0.1) is 0 Å². The van der Waals surface area contributed by atoms with Gasteiger partial charge >= 0.3 is 0 Å². The number of nitrogens with zero attached hydrogens (tertiary/aromatic N) is 2. The van der Waals surface area contributed by atoms with E-state index in [0.29, 0.717) is 6.54 Å². The van der Waals surface area contributed by atoms with E-state index in [2.05, 4.69) is 15.6 Å². The summed E-state index contributed by atoms with van der Waals surface area (Å²) in [6.07, 6.45) is 5.55. The van der Waals surface area contributed by atoms with Crippen molar-refractivity contribution in [2.45, 2.75) is 32.9 Å². The SMILES string of the molecule is CC(=O)N[C@H](C)CC(=O)NCc1ccccc1-n1ccnc1. The third-order valence-corrected chi connectivity index (χ3v) is 3.19.